The molecule has 1 aliphatic rings. The standard InChI is InChI=1S/C17H32N8O3/c1-2-3-4-5-6-8-12(15(27)22-17(23-19)24-20)21-16(28)13-9-7-10-25(13)14(26)11-18/h6,8,12-13H,2-5,7,9-11,18-20H2,1H3,(H,21,28)(H2,22,23,24,27)/b8-6-. The molecular formula is C17H32N8O3. The summed E-state index contributed by atoms with van der Waals surface area (Å²) < 4.78 is 0. The number of nitrogens with one attached hydrogen (secondary N) is 3. The number of hydrogen-bond donors (Lipinski definition) is 6. The molecule has 28 heavy (non-hydrogen) atoms. The minimum Gasteiger partial charge on any atom is -0.339 e. The van der Waals surface area contributed by atoms with Crippen LogP contribution in [0.25, 0.3) is 0 Å². The number of hydrogen-bond acceptors (Lipinski definition) is 7. The molecule has 11 heteroatoms. The molecule has 1 fully saturated rings. The third kappa shape index (κ3) is 7.16. The van der Waals surface area contributed by atoms with E-state index in [9.17, 15) is 14.4 Å². The number of amides is 3. The molecule has 11 nitrogen and oxygen atoms in total. The number of rotatable bonds is 9. The van der Waals surface area contributed by atoms with Crippen molar-refractivity contribution < 1.29 is 14.4 Å². The average molecular weight is 396 g/mol. The van der Waals surface area contributed by atoms with Crippen LogP contribution >= 0.6 is 0 Å². The quantitative estimate of drug-likeness (QED) is 0.0675. The van der Waals surface area contributed by atoms with Gasteiger partial charge in [0.05, 0.1) is 6.54 Å². The number of allylic oxidation sites excluding steroid dienone is 1. The summed E-state index contributed by atoms with van der Waals surface area (Å²) in [4.78, 5) is 38.6. The Hall–Kier alpha value is -2.66. The first-order valence-corrected chi connectivity index (χ1v) is 9.50. The van der Waals surface area contributed by atoms with Crippen molar-refractivity contribution in [2.24, 2.45) is 22.5 Å². The van der Waals surface area contributed by atoms with Crippen LogP contribution in [-0.4, -0.2) is 53.8 Å². The Labute approximate surface area is 165 Å². The number of guanidine groups is 1. The van der Waals surface area contributed by atoms with E-state index in [2.05, 4.69) is 28.1 Å². The molecule has 1 saturated heterocycles. The van der Waals surface area contributed by atoms with Crippen LogP contribution in [0.3, 0.4) is 0 Å². The van der Waals surface area contributed by atoms with Gasteiger partial charge < -0.3 is 21.8 Å². The zero-order chi connectivity index (χ0) is 20.9. The fraction of sp³-hybridized carbons (Fsp3) is 0.647. The number of nitrogens with two attached hydrogens (primary N) is 3. The molecule has 0 aliphatic carbocycles. The second-order valence-corrected chi connectivity index (χ2v) is 6.47. The molecular weight excluding hydrogens is 364 g/mol. The summed E-state index contributed by atoms with van der Waals surface area (Å²) in [6, 6.07) is -1.61. The predicted octanol–water partition coefficient (Wildman–Crippen LogP) is -1.63. The number of hydrazine groups is 1. The van der Waals surface area contributed by atoms with E-state index >= 15 is 0 Å². The first-order chi connectivity index (χ1) is 13.5. The van der Waals surface area contributed by atoms with E-state index in [1.807, 2.05) is 6.08 Å². The van der Waals surface area contributed by atoms with Crippen LogP contribution in [0.2, 0.25) is 0 Å². The minimum absolute atomic E-state index is 0.135. The highest BCUT2D eigenvalue weighted by Gasteiger charge is 2.34. The SMILES string of the molecule is CCCCC/C=C\C(NC(=O)C1CCCN1C(=O)CN)C(=O)N/C(=N/N)NN. The monoisotopic (exact) mass is 396 g/mol. The topological polar surface area (TPSA) is 181 Å². The average Bonchev–Trinajstić information content (AvgIpc) is 3.20. The molecule has 0 bridgehead atoms. The van der Waals surface area contributed by atoms with E-state index in [1.165, 1.54) is 4.90 Å². The summed E-state index contributed by atoms with van der Waals surface area (Å²) in [5.74, 6) is 8.94. The molecule has 2 unspecified atom stereocenters. The summed E-state index contributed by atoms with van der Waals surface area (Å²) in [6.45, 7) is 2.41. The number of likely N-dealkylation sites (tertiary alicyclic amines) is 1. The molecule has 1 heterocycles. The third-order valence-corrected chi connectivity index (χ3v) is 4.44. The lowest BCUT2D eigenvalue weighted by Gasteiger charge is -2.25. The summed E-state index contributed by atoms with van der Waals surface area (Å²) >= 11 is 0. The lowest BCUT2D eigenvalue weighted by atomic mass is 10.1. The number of hydrazone groups is 1. The van der Waals surface area contributed by atoms with Crippen molar-refractivity contribution in [3.63, 3.8) is 0 Å². The van der Waals surface area contributed by atoms with Gasteiger partial charge in [-0.05, 0) is 25.7 Å². The Kier molecular flexibility index (Phi) is 10.6. The van der Waals surface area contributed by atoms with Gasteiger partial charge in [0.1, 0.15) is 12.1 Å². The molecule has 0 saturated carbocycles. The van der Waals surface area contributed by atoms with Crippen LogP contribution in [0.1, 0.15) is 45.4 Å². The summed E-state index contributed by atoms with van der Waals surface area (Å²) in [5.41, 5.74) is 7.56. The number of nitrogens with zero attached hydrogens (tertiary/aromatic N) is 2. The molecule has 3 amide bonds. The molecule has 9 N–H and O–H groups in total. The zero-order valence-electron chi connectivity index (χ0n) is 16.3. The highest BCUT2D eigenvalue weighted by atomic mass is 16.2. The lowest BCUT2D eigenvalue weighted by molar-refractivity contribution is -0.138. The largest absolute Gasteiger partial charge is 0.339 e. The molecule has 0 radical (unpaired) electrons. The van der Waals surface area contributed by atoms with Crippen molar-refractivity contribution in [1.82, 2.24) is 21.0 Å². The van der Waals surface area contributed by atoms with Crippen molar-refractivity contribution >= 4 is 23.7 Å². The van der Waals surface area contributed by atoms with Crippen LogP contribution in [0, 0.1) is 0 Å². The van der Waals surface area contributed by atoms with Crippen molar-refractivity contribution in [3.8, 4) is 0 Å². The van der Waals surface area contributed by atoms with Gasteiger partial charge in [-0.3, -0.25) is 25.1 Å². The Balaban J connectivity index is 2.83. The van der Waals surface area contributed by atoms with Gasteiger partial charge in [0.2, 0.25) is 17.8 Å². The van der Waals surface area contributed by atoms with Gasteiger partial charge in [-0.1, -0.05) is 31.9 Å². The lowest BCUT2D eigenvalue weighted by Crippen LogP contribution is -2.55. The van der Waals surface area contributed by atoms with E-state index in [0.717, 1.165) is 25.7 Å². The molecule has 1 rings (SSSR count). The van der Waals surface area contributed by atoms with Crippen LogP contribution in [0.5, 0.6) is 0 Å². The number of carbonyl (C=O) groups is 3. The summed E-state index contributed by atoms with van der Waals surface area (Å²) in [6.07, 6.45) is 8.59. The van der Waals surface area contributed by atoms with Gasteiger partial charge >= 0.3 is 0 Å². The number of unbranched alkanes of at least 4 members (excludes halogenated alkanes) is 3. The van der Waals surface area contributed by atoms with E-state index < -0.39 is 23.9 Å². The fourth-order valence-corrected chi connectivity index (χ4v) is 2.95. The summed E-state index contributed by atoms with van der Waals surface area (Å²) in [7, 11) is 0. The Morgan fingerprint density at radius 1 is 1.32 bits per heavy atom. The maximum absolute atomic E-state index is 12.7. The fourth-order valence-electron chi connectivity index (χ4n) is 2.95. The van der Waals surface area contributed by atoms with Gasteiger partial charge in [0.25, 0.3) is 5.91 Å². The molecule has 0 aromatic rings. The van der Waals surface area contributed by atoms with Crippen molar-refractivity contribution in [1.29, 1.82) is 0 Å². The number of carbonyl (C=O) groups excluding carboxylic acids is 3. The molecule has 0 aromatic heterocycles. The maximum Gasteiger partial charge on any atom is 0.253 e. The molecule has 0 aromatic carbocycles. The van der Waals surface area contributed by atoms with E-state index in [0.29, 0.717) is 19.4 Å². The molecule has 0 spiro atoms. The van der Waals surface area contributed by atoms with Gasteiger partial charge in [0, 0.05) is 6.54 Å². The van der Waals surface area contributed by atoms with E-state index in [-0.39, 0.29) is 18.4 Å². The van der Waals surface area contributed by atoms with Gasteiger partial charge in [-0.25, -0.2) is 5.84 Å². The molecule has 158 valence electrons. The van der Waals surface area contributed by atoms with Crippen LogP contribution < -0.4 is 33.5 Å². The van der Waals surface area contributed by atoms with Crippen LogP contribution in [0.15, 0.2) is 17.3 Å². The van der Waals surface area contributed by atoms with E-state index in [4.69, 9.17) is 17.4 Å². The normalized spacial score (nSPS) is 18.2. The highest BCUT2D eigenvalue weighted by Crippen LogP contribution is 2.17. The second kappa shape index (κ2) is 12.7. The van der Waals surface area contributed by atoms with Crippen LogP contribution in [-0.2, 0) is 14.4 Å². The third-order valence-electron chi connectivity index (χ3n) is 4.44. The van der Waals surface area contributed by atoms with Gasteiger partial charge in [-0.15, -0.1) is 5.10 Å². The first-order valence-electron chi connectivity index (χ1n) is 9.50. The Morgan fingerprint density at radius 2 is 2.07 bits per heavy atom. The molecule has 2 atom stereocenters. The second-order valence-electron chi connectivity index (χ2n) is 6.47. The summed E-state index contributed by atoms with van der Waals surface area (Å²) in [5, 5.41) is 8.37. The van der Waals surface area contributed by atoms with Crippen molar-refractivity contribution in [2.75, 3.05) is 13.1 Å². The highest BCUT2D eigenvalue weighted by molar-refractivity contribution is 6.01. The maximum atomic E-state index is 12.7. The first kappa shape index (κ1) is 23.4. The van der Waals surface area contributed by atoms with Crippen molar-refractivity contribution in [2.45, 2.75) is 57.5 Å². The van der Waals surface area contributed by atoms with Crippen LogP contribution in [0.4, 0.5) is 0 Å². The van der Waals surface area contributed by atoms with Gasteiger partial charge in [0.15, 0.2) is 0 Å². The zero-order valence-corrected chi connectivity index (χ0v) is 16.3. The van der Waals surface area contributed by atoms with E-state index in [1.54, 1.807) is 6.08 Å². The predicted molar refractivity (Wildman–Crippen MR) is 106 cm³/mol. The minimum atomic E-state index is -0.963. The molecule has 1 aliphatic heterocycles. The smallest absolute Gasteiger partial charge is 0.253 e. The van der Waals surface area contributed by atoms with Gasteiger partial charge in [-0.2, -0.15) is 0 Å². The Morgan fingerprint density at radius 3 is 2.68 bits per heavy atom. The van der Waals surface area contributed by atoms with Crippen molar-refractivity contribution in [3.05, 3.63) is 12.2 Å². The Bertz CT molecular complexity index is 593.